The number of carbonyl (C=O) groups is 1. The summed E-state index contributed by atoms with van der Waals surface area (Å²) in [5.74, 6) is 1.26. The minimum absolute atomic E-state index is 0.163. The monoisotopic (exact) mass is 504 g/mol. The number of amides is 1. The van der Waals surface area contributed by atoms with Gasteiger partial charge in [-0.2, -0.15) is 0 Å². The Morgan fingerprint density at radius 1 is 0.971 bits per heavy atom. The maximum absolute atomic E-state index is 12.7. The van der Waals surface area contributed by atoms with Gasteiger partial charge in [0.05, 0.1) is 5.02 Å². The Morgan fingerprint density at radius 3 is 2.54 bits per heavy atom. The number of hydrogen-bond donors (Lipinski definition) is 1. The number of fused-ring (bicyclic) bond motifs is 1. The van der Waals surface area contributed by atoms with Crippen molar-refractivity contribution in [2.45, 2.75) is 26.2 Å². The maximum Gasteiger partial charge on any atom is 0.291 e. The van der Waals surface area contributed by atoms with E-state index < -0.39 is 0 Å². The largest absolute Gasteiger partial charge is 0.451 e. The van der Waals surface area contributed by atoms with E-state index in [1.165, 1.54) is 5.56 Å². The first-order chi connectivity index (χ1) is 16.9. The Labute approximate surface area is 212 Å². The van der Waals surface area contributed by atoms with Gasteiger partial charge >= 0.3 is 0 Å². The van der Waals surface area contributed by atoms with Gasteiger partial charge in [0, 0.05) is 21.8 Å². The van der Waals surface area contributed by atoms with Crippen LogP contribution < -0.4 is 5.32 Å². The van der Waals surface area contributed by atoms with Crippen molar-refractivity contribution < 1.29 is 13.6 Å². The van der Waals surface area contributed by atoms with E-state index in [0.29, 0.717) is 38.9 Å². The van der Waals surface area contributed by atoms with Gasteiger partial charge in [-0.1, -0.05) is 43.1 Å². The van der Waals surface area contributed by atoms with Gasteiger partial charge in [0.15, 0.2) is 11.3 Å². The molecule has 0 fully saturated rings. The predicted octanol–water partition coefficient (Wildman–Crippen LogP) is 8.83. The highest BCUT2D eigenvalue weighted by Gasteiger charge is 2.16. The Morgan fingerprint density at radius 2 is 1.77 bits per heavy atom. The van der Waals surface area contributed by atoms with Gasteiger partial charge in [-0.25, -0.2) is 4.98 Å². The van der Waals surface area contributed by atoms with Crippen molar-refractivity contribution in [3.8, 4) is 22.8 Å². The van der Waals surface area contributed by atoms with Gasteiger partial charge in [0.2, 0.25) is 5.89 Å². The fourth-order valence-corrected chi connectivity index (χ4v) is 4.17. The van der Waals surface area contributed by atoms with Gasteiger partial charge < -0.3 is 14.2 Å². The molecule has 7 heteroatoms. The zero-order valence-corrected chi connectivity index (χ0v) is 20.7. The van der Waals surface area contributed by atoms with E-state index in [0.717, 1.165) is 23.1 Å². The first-order valence-electron chi connectivity index (χ1n) is 11.3. The van der Waals surface area contributed by atoms with Gasteiger partial charge in [-0.15, -0.1) is 0 Å². The second kappa shape index (κ2) is 9.61. The number of oxazole rings is 1. The number of benzene rings is 3. The lowest BCUT2D eigenvalue weighted by Gasteiger charge is -2.07. The van der Waals surface area contributed by atoms with Crippen LogP contribution in [0, 0.1) is 0 Å². The lowest BCUT2D eigenvalue weighted by molar-refractivity contribution is 0.0997. The third-order valence-electron chi connectivity index (χ3n) is 6.01. The van der Waals surface area contributed by atoms with Crippen molar-refractivity contribution in [3.63, 3.8) is 0 Å². The molecule has 1 N–H and O–H groups in total. The summed E-state index contributed by atoms with van der Waals surface area (Å²) in [4.78, 5) is 17.4. The molecule has 0 saturated carbocycles. The summed E-state index contributed by atoms with van der Waals surface area (Å²) in [7, 11) is 0. The van der Waals surface area contributed by atoms with Crippen molar-refractivity contribution in [2.24, 2.45) is 0 Å². The Bertz CT molecular complexity index is 1520. The van der Waals surface area contributed by atoms with E-state index in [4.69, 9.17) is 32.0 Å². The number of nitrogens with zero attached hydrogens (tertiary/aromatic N) is 1. The van der Waals surface area contributed by atoms with E-state index >= 15 is 0 Å². The third kappa shape index (κ3) is 4.83. The summed E-state index contributed by atoms with van der Waals surface area (Å²) in [6.45, 7) is 4.37. The molecule has 0 aliphatic carbocycles. The lowest BCUT2D eigenvalue weighted by atomic mass is 9.98. The molecule has 0 bridgehead atoms. The highest BCUT2D eigenvalue weighted by atomic mass is 35.5. The summed E-state index contributed by atoms with van der Waals surface area (Å²) in [6, 6.07) is 21.8. The number of hydrogen-bond acceptors (Lipinski definition) is 4. The normalized spacial score (nSPS) is 12.1. The van der Waals surface area contributed by atoms with E-state index in [1.54, 1.807) is 42.5 Å². The molecule has 0 aliphatic rings. The molecule has 2 heterocycles. The molecule has 5 nitrogen and oxygen atoms in total. The molecule has 5 rings (SSSR count). The van der Waals surface area contributed by atoms with Crippen LogP contribution in [0.2, 0.25) is 10.0 Å². The Balaban J connectivity index is 1.31. The van der Waals surface area contributed by atoms with Crippen molar-refractivity contribution in [3.05, 3.63) is 94.2 Å². The maximum atomic E-state index is 12.7. The van der Waals surface area contributed by atoms with Crippen LogP contribution in [0.3, 0.4) is 0 Å². The molecule has 0 aliphatic heterocycles. The average Bonchev–Trinajstić information content (AvgIpc) is 3.52. The number of aromatic nitrogens is 1. The van der Waals surface area contributed by atoms with Crippen LogP contribution in [0.15, 0.2) is 81.6 Å². The molecule has 0 spiro atoms. The first kappa shape index (κ1) is 23.2. The minimum Gasteiger partial charge on any atom is -0.451 e. The molecule has 2 aromatic heterocycles. The van der Waals surface area contributed by atoms with E-state index in [-0.39, 0.29) is 11.7 Å². The summed E-state index contributed by atoms with van der Waals surface area (Å²) in [6.07, 6.45) is 1.07. The standard InChI is InChI=1S/C28H22Cl2N2O3/c1-3-16(2)18-6-11-25-23(14-18)32-28(35-25)17-4-8-20(9-5-17)31-27(33)26-13-12-24(34-26)21-15-19(29)7-10-22(21)30/h4-16H,3H2,1-2H3,(H,31,33)/t16-/m0/s1. The quantitative estimate of drug-likeness (QED) is 0.250. The number of nitrogens with one attached hydrogen (secondary N) is 1. The van der Waals surface area contributed by atoms with Crippen LogP contribution in [0.25, 0.3) is 33.9 Å². The van der Waals surface area contributed by atoms with Gasteiger partial charge in [0.25, 0.3) is 5.91 Å². The van der Waals surface area contributed by atoms with Crippen molar-refractivity contribution in [2.75, 3.05) is 5.32 Å². The fraction of sp³-hybridized carbons (Fsp3) is 0.143. The molecular weight excluding hydrogens is 483 g/mol. The van der Waals surface area contributed by atoms with Crippen LogP contribution in [0.5, 0.6) is 0 Å². The number of rotatable bonds is 6. The van der Waals surface area contributed by atoms with Crippen molar-refractivity contribution in [1.82, 2.24) is 4.98 Å². The molecule has 0 radical (unpaired) electrons. The first-order valence-corrected chi connectivity index (χ1v) is 12.0. The highest BCUT2D eigenvalue weighted by molar-refractivity contribution is 6.35. The highest BCUT2D eigenvalue weighted by Crippen LogP contribution is 2.32. The number of furan rings is 1. The summed E-state index contributed by atoms with van der Waals surface area (Å²) in [5, 5.41) is 3.85. The van der Waals surface area contributed by atoms with Crippen molar-refractivity contribution in [1.29, 1.82) is 0 Å². The van der Waals surface area contributed by atoms with Crippen LogP contribution in [0.4, 0.5) is 5.69 Å². The SMILES string of the molecule is CC[C@H](C)c1ccc2oc(-c3ccc(NC(=O)c4ccc(-c5cc(Cl)ccc5Cl)o4)cc3)nc2c1. The Kier molecular flexibility index (Phi) is 6.37. The van der Waals surface area contributed by atoms with Crippen LogP contribution >= 0.6 is 23.2 Å². The fourth-order valence-electron chi connectivity index (χ4n) is 3.79. The zero-order chi connectivity index (χ0) is 24.5. The smallest absolute Gasteiger partial charge is 0.291 e. The third-order valence-corrected chi connectivity index (χ3v) is 6.57. The van der Waals surface area contributed by atoms with E-state index in [2.05, 4.69) is 36.3 Å². The van der Waals surface area contributed by atoms with Crippen LogP contribution in [0.1, 0.15) is 42.3 Å². The molecule has 35 heavy (non-hydrogen) atoms. The molecular formula is C28H22Cl2N2O3. The van der Waals surface area contributed by atoms with Crippen LogP contribution in [-0.2, 0) is 0 Å². The molecule has 176 valence electrons. The molecule has 0 unspecified atom stereocenters. The molecule has 1 atom stereocenters. The topological polar surface area (TPSA) is 68.3 Å². The molecule has 1 amide bonds. The zero-order valence-electron chi connectivity index (χ0n) is 19.1. The number of anilines is 1. The number of halogens is 2. The van der Waals surface area contributed by atoms with E-state index in [1.807, 2.05) is 18.2 Å². The van der Waals surface area contributed by atoms with Gasteiger partial charge in [-0.05, 0) is 84.6 Å². The van der Waals surface area contributed by atoms with E-state index in [9.17, 15) is 4.79 Å². The van der Waals surface area contributed by atoms with Gasteiger partial charge in [-0.3, -0.25) is 4.79 Å². The molecule has 5 aromatic rings. The second-order valence-electron chi connectivity index (χ2n) is 8.38. The molecule has 3 aromatic carbocycles. The minimum atomic E-state index is -0.374. The lowest BCUT2D eigenvalue weighted by Crippen LogP contribution is -2.10. The molecule has 0 saturated heterocycles. The average molecular weight is 505 g/mol. The summed E-state index contributed by atoms with van der Waals surface area (Å²) in [5.41, 5.74) is 4.89. The van der Waals surface area contributed by atoms with Crippen LogP contribution in [-0.4, -0.2) is 10.9 Å². The van der Waals surface area contributed by atoms with Gasteiger partial charge in [0.1, 0.15) is 11.3 Å². The second-order valence-corrected chi connectivity index (χ2v) is 9.22. The van der Waals surface area contributed by atoms with Crippen molar-refractivity contribution >= 4 is 45.9 Å². The Hall–Kier alpha value is -3.54. The summed E-state index contributed by atoms with van der Waals surface area (Å²) < 4.78 is 11.7. The summed E-state index contributed by atoms with van der Waals surface area (Å²) >= 11 is 12.3. The predicted molar refractivity (Wildman–Crippen MR) is 140 cm³/mol. The number of carbonyl (C=O) groups excluding carboxylic acids is 1.